The molecule has 1 amide bonds. The number of aliphatic carboxylic acids is 1. The highest BCUT2D eigenvalue weighted by Crippen LogP contribution is 2.19. The van der Waals surface area contributed by atoms with Crippen molar-refractivity contribution in [2.24, 2.45) is 0 Å². The lowest BCUT2D eigenvalue weighted by atomic mass is 10.0. The van der Waals surface area contributed by atoms with Gasteiger partial charge in [0, 0.05) is 28.2 Å². The van der Waals surface area contributed by atoms with E-state index in [4.69, 9.17) is 5.11 Å². The average molecular weight is 366 g/mol. The topological polar surface area (TPSA) is 74.7 Å². The molecule has 1 aliphatic heterocycles. The molecule has 0 unspecified atom stereocenters. The standard InChI is InChI=1S/C16H16BrNO4/c1-10(15(20)11-4-6-12(17)7-5-11)9-14(19)18-8-2-3-13(18)16(21)22/h4-7,9,13H,2-3,8H2,1H3,(H,21,22)/b10-9-/t13-/m0/s1. The largest absolute Gasteiger partial charge is 0.480 e. The molecule has 0 aromatic heterocycles. The molecule has 1 saturated heterocycles. The van der Waals surface area contributed by atoms with E-state index in [0.29, 0.717) is 30.5 Å². The van der Waals surface area contributed by atoms with Crippen molar-refractivity contribution >= 4 is 33.6 Å². The van der Waals surface area contributed by atoms with E-state index in [1.165, 1.54) is 11.0 Å². The summed E-state index contributed by atoms with van der Waals surface area (Å²) in [6.45, 7) is 1.97. The lowest BCUT2D eigenvalue weighted by Crippen LogP contribution is -2.39. The van der Waals surface area contributed by atoms with E-state index in [2.05, 4.69) is 15.9 Å². The van der Waals surface area contributed by atoms with Crippen LogP contribution in [0.3, 0.4) is 0 Å². The molecule has 0 bridgehead atoms. The molecule has 0 aliphatic carbocycles. The smallest absolute Gasteiger partial charge is 0.326 e. The number of Topliss-reactive ketones (excluding diaryl/α,β-unsaturated/α-hetero) is 1. The zero-order valence-corrected chi connectivity index (χ0v) is 13.7. The molecule has 2 rings (SSSR count). The minimum absolute atomic E-state index is 0.244. The van der Waals surface area contributed by atoms with Gasteiger partial charge in [0.05, 0.1) is 0 Å². The van der Waals surface area contributed by atoms with Gasteiger partial charge in [-0.3, -0.25) is 9.59 Å². The summed E-state index contributed by atoms with van der Waals surface area (Å²) in [6, 6.07) is 6.06. The van der Waals surface area contributed by atoms with Crippen molar-refractivity contribution < 1.29 is 19.5 Å². The molecule has 116 valence electrons. The Kier molecular flexibility index (Phi) is 5.13. The number of allylic oxidation sites excluding steroid dienone is 1. The number of carboxylic acid groups (broad SMARTS) is 1. The third kappa shape index (κ3) is 3.62. The van der Waals surface area contributed by atoms with Crippen LogP contribution in [0.4, 0.5) is 0 Å². The monoisotopic (exact) mass is 365 g/mol. The Morgan fingerprint density at radius 2 is 1.91 bits per heavy atom. The molecule has 1 aliphatic rings. The number of carbonyl (C=O) groups excluding carboxylic acids is 2. The first kappa shape index (κ1) is 16.4. The molecular weight excluding hydrogens is 350 g/mol. The summed E-state index contributed by atoms with van der Waals surface area (Å²) in [4.78, 5) is 36.8. The summed E-state index contributed by atoms with van der Waals surface area (Å²) in [5, 5.41) is 9.09. The second-order valence-corrected chi connectivity index (χ2v) is 6.11. The Morgan fingerprint density at radius 1 is 1.27 bits per heavy atom. The average Bonchev–Trinajstić information content (AvgIpc) is 2.97. The summed E-state index contributed by atoms with van der Waals surface area (Å²) in [6.07, 6.45) is 2.34. The fourth-order valence-electron chi connectivity index (χ4n) is 2.45. The number of carboxylic acids is 1. The third-order valence-electron chi connectivity index (χ3n) is 3.63. The van der Waals surface area contributed by atoms with Crippen LogP contribution in [0.15, 0.2) is 40.4 Å². The first-order chi connectivity index (χ1) is 10.4. The lowest BCUT2D eigenvalue weighted by Gasteiger charge is -2.19. The number of hydrogen-bond donors (Lipinski definition) is 1. The normalized spacial score (nSPS) is 18.4. The highest BCUT2D eigenvalue weighted by atomic mass is 79.9. The van der Waals surface area contributed by atoms with Gasteiger partial charge in [-0.25, -0.2) is 4.79 Å². The maximum atomic E-state index is 12.3. The van der Waals surface area contributed by atoms with Crippen molar-refractivity contribution in [3.05, 3.63) is 46.0 Å². The van der Waals surface area contributed by atoms with Crippen LogP contribution in [-0.2, 0) is 9.59 Å². The Morgan fingerprint density at radius 3 is 2.50 bits per heavy atom. The minimum atomic E-state index is -1.00. The molecular formula is C16H16BrNO4. The van der Waals surface area contributed by atoms with Gasteiger partial charge in [0.2, 0.25) is 5.91 Å². The van der Waals surface area contributed by atoms with Crippen LogP contribution in [0.25, 0.3) is 0 Å². The van der Waals surface area contributed by atoms with Crippen LogP contribution in [0.5, 0.6) is 0 Å². The fraction of sp³-hybridized carbons (Fsp3) is 0.312. The van der Waals surface area contributed by atoms with Crippen molar-refractivity contribution in [3.63, 3.8) is 0 Å². The Balaban J connectivity index is 2.14. The SMILES string of the molecule is C/C(=C/C(=O)N1CCC[C@H]1C(=O)O)C(=O)c1ccc(Br)cc1. The van der Waals surface area contributed by atoms with Gasteiger partial charge in [-0.1, -0.05) is 15.9 Å². The molecule has 1 fully saturated rings. The summed E-state index contributed by atoms with van der Waals surface area (Å²) >= 11 is 3.29. The van der Waals surface area contributed by atoms with E-state index in [9.17, 15) is 14.4 Å². The second-order valence-electron chi connectivity index (χ2n) is 5.19. The Hall–Kier alpha value is -1.95. The first-order valence-electron chi connectivity index (χ1n) is 6.92. The van der Waals surface area contributed by atoms with E-state index >= 15 is 0 Å². The van der Waals surface area contributed by atoms with Crippen LogP contribution >= 0.6 is 15.9 Å². The minimum Gasteiger partial charge on any atom is -0.480 e. The summed E-state index contributed by atoms with van der Waals surface area (Å²) in [5.74, 6) is -1.67. The van der Waals surface area contributed by atoms with Gasteiger partial charge in [-0.15, -0.1) is 0 Å². The van der Waals surface area contributed by atoms with E-state index < -0.39 is 17.9 Å². The van der Waals surface area contributed by atoms with Gasteiger partial charge in [0.1, 0.15) is 6.04 Å². The number of benzene rings is 1. The summed E-state index contributed by atoms with van der Waals surface area (Å²) in [7, 11) is 0. The first-order valence-corrected chi connectivity index (χ1v) is 7.71. The molecule has 1 heterocycles. The molecule has 22 heavy (non-hydrogen) atoms. The van der Waals surface area contributed by atoms with E-state index in [-0.39, 0.29) is 5.78 Å². The number of likely N-dealkylation sites (tertiary alicyclic amines) is 1. The predicted molar refractivity (Wildman–Crippen MR) is 84.6 cm³/mol. The van der Waals surface area contributed by atoms with E-state index in [1.807, 2.05) is 0 Å². The Labute approximate surface area is 136 Å². The van der Waals surface area contributed by atoms with Crippen LogP contribution in [0.1, 0.15) is 30.1 Å². The molecule has 0 spiro atoms. The molecule has 0 radical (unpaired) electrons. The number of rotatable bonds is 4. The van der Waals surface area contributed by atoms with Gasteiger partial charge in [0.15, 0.2) is 5.78 Å². The maximum Gasteiger partial charge on any atom is 0.326 e. The predicted octanol–water partition coefficient (Wildman–Crippen LogP) is 2.65. The van der Waals surface area contributed by atoms with Crippen molar-refractivity contribution in [2.45, 2.75) is 25.8 Å². The maximum absolute atomic E-state index is 12.3. The summed E-state index contributed by atoms with van der Waals surface area (Å²) < 4.78 is 0.864. The third-order valence-corrected chi connectivity index (χ3v) is 4.15. The molecule has 0 saturated carbocycles. The number of hydrogen-bond acceptors (Lipinski definition) is 3. The number of amides is 1. The number of ketones is 1. The lowest BCUT2D eigenvalue weighted by molar-refractivity contribution is -0.146. The van der Waals surface area contributed by atoms with Crippen LogP contribution in [0.2, 0.25) is 0 Å². The molecule has 1 aromatic rings. The van der Waals surface area contributed by atoms with Gasteiger partial charge in [0.25, 0.3) is 0 Å². The van der Waals surface area contributed by atoms with Crippen molar-refractivity contribution in [3.8, 4) is 0 Å². The molecule has 1 aromatic carbocycles. The Bertz CT molecular complexity index is 636. The fourth-order valence-corrected chi connectivity index (χ4v) is 2.71. The van der Waals surface area contributed by atoms with Gasteiger partial charge >= 0.3 is 5.97 Å². The summed E-state index contributed by atoms with van der Waals surface area (Å²) in [5.41, 5.74) is 0.782. The van der Waals surface area contributed by atoms with Crippen molar-refractivity contribution in [1.82, 2.24) is 4.90 Å². The second kappa shape index (κ2) is 6.87. The molecule has 1 N–H and O–H groups in total. The van der Waals surface area contributed by atoms with Crippen molar-refractivity contribution in [2.75, 3.05) is 6.54 Å². The van der Waals surface area contributed by atoms with Gasteiger partial charge < -0.3 is 10.0 Å². The van der Waals surface area contributed by atoms with Crippen LogP contribution in [-0.4, -0.2) is 40.3 Å². The number of halogens is 1. The molecule has 6 heteroatoms. The van der Waals surface area contributed by atoms with Crippen LogP contribution < -0.4 is 0 Å². The highest BCUT2D eigenvalue weighted by Gasteiger charge is 2.33. The number of nitrogens with zero attached hydrogens (tertiary/aromatic N) is 1. The zero-order chi connectivity index (χ0) is 16.3. The molecule has 1 atom stereocenters. The van der Waals surface area contributed by atoms with Gasteiger partial charge in [-0.2, -0.15) is 0 Å². The van der Waals surface area contributed by atoms with Gasteiger partial charge in [-0.05, 0) is 44.0 Å². The highest BCUT2D eigenvalue weighted by molar-refractivity contribution is 9.10. The van der Waals surface area contributed by atoms with E-state index in [0.717, 1.165) is 4.47 Å². The van der Waals surface area contributed by atoms with Crippen LogP contribution in [0, 0.1) is 0 Å². The van der Waals surface area contributed by atoms with E-state index in [1.54, 1.807) is 31.2 Å². The molecule has 5 nitrogen and oxygen atoms in total. The number of carbonyl (C=O) groups is 3. The quantitative estimate of drug-likeness (QED) is 0.657. The zero-order valence-electron chi connectivity index (χ0n) is 12.1. The van der Waals surface area contributed by atoms with Crippen molar-refractivity contribution in [1.29, 1.82) is 0 Å².